The number of methoxy groups -OCH3 is 1. The number of thioether (sulfide) groups is 1. The highest BCUT2D eigenvalue weighted by Crippen LogP contribution is 2.36. The van der Waals surface area contributed by atoms with Crippen molar-refractivity contribution in [2.45, 2.75) is 11.3 Å². The molecule has 7 heteroatoms. The van der Waals surface area contributed by atoms with E-state index in [1.54, 1.807) is 18.9 Å². The minimum Gasteiger partial charge on any atom is -0.497 e. The first kappa shape index (κ1) is 13.8. The Morgan fingerprint density at radius 2 is 2.20 bits per heavy atom. The summed E-state index contributed by atoms with van der Waals surface area (Å²) in [6.45, 7) is 0. The van der Waals surface area contributed by atoms with Crippen molar-refractivity contribution in [3.05, 3.63) is 24.3 Å². The van der Waals surface area contributed by atoms with Crippen LogP contribution in [-0.4, -0.2) is 50.5 Å². The van der Waals surface area contributed by atoms with E-state index in [1.807, 2.05) is 36.2 Å². The van der Waals surface area contributed by atoms with E-state index in [0.29, 0.717) is 0 Å². The second-order valence-corrected chi connectivity index (χ2v) is 8.33. The van der Waals surface area contributed by atoms with Gasteiger partial charge in [0.1, 0.15) is 5.75 Å². The van der Waals surface area contributed by atoms with E-state index >= 15 is 0 Å². The third-order valence-electron chi connectivity index (χ3n) is 3.53. The highest BCUT2D eigenvalue weighted by molar-refractivity contribution is 8.15. The molecule has 0 saturated carbocycles. The average Bonchev–Trinajstić information content (AvgIpc) is 2.91. The predicted octanol–water partition coefficient (Wildman–Crippen LogP) is 1.40. The molecule has 0 aliphatic carbocycles. The van der Waals surface area contributed by atoms with Crippen LogP contribution < -0.4 is 9.64 Å². The largest absolute Gasteiger partial charge is 0.497 e. The van der Waals surface area contributed by atoms with E-state index in [2.05, 4.69) is 4.99 Å². The molecule has 1 aromatic carbocycles. The Labute approximate surface area is 122 Å². The van der Waals surface area contributed by atoms with Crippen LogP contribution in [0.3, 0.4) is 0 Å². The molecule has 0 aromatic heterocycles. The molecule has 2 atom stereocenters. The molecule has 5 nitrogen and oxygen atoms in total. The summed E-state index contributed by atoms with van der Waals surface area (Å²) in [7, 11) is 0.679. The van der Waals surface area contributed by atoms with Crippen LogP contribution in [0.2, 0.25) is 0 Å². The molecule has 0 N–H and O–H groups in total. The lowest BCUT2D eigenvalue weighted by Crippen LogP contribution is -2.23. The van der Waals surface area contributed by atoms with Gasteiger partial charge in [-0.3, -0.25) is 4.99 Å². The van der Waals surface area contributed by atoms with Gasteiger partial charge in [-0.05, 0) is 12.1 Å². The summed E-state index contributed by atoms with van der Waals surface area (Å²) < 4.78 is 28.3. The van der Waals surface area contributed by atoms with Crippen molar-refractivity contribution in [2.24, 2.45) is 4.99 Å². The smallest absolute Gasteiger partial charge is 0.164 e. The van der Waals surface area contributed by atoms with Crippen molar-refractivity contribution in [3.63, 3.8) is 0 Å². The van der Waals surface area contributed by atoms with Crippen LogP contribution in [-0.2, 0) is 9.84 Å². The van der Waals surface area contributed by atoms with Crippen LogP contribution in [0.1, 0.15) is 0 Å². The van der Waals surface area contributed by atoms with Gasteiger partial charge in [-0.25, -0.2) is 8.42 Å². The molecule has 2 unspecified atom stereocenters. The molecule has 1 aromatic rings. The second kappa shape index (κ2) is 4.96. The number of ether oxygens (including phenoxy) is 1. The van der Waals surface area contributed by atoms with E-state index < -0.39 is 9.84 Å². The minimum absolute atomic E-state index is 0.0723. The molecule has 0 radical (unpaired) electrons. The van der Waals surface area contributed by atoms with Crippen LogP contribution >= 0.6 is 11.8 Å². The van der Waals surface area contributed by atoms with Crippen molar-refractivity contribution in [3.8, 4) is 5.75 Å². The van der Waals surface area contributed by atoms with Crippen molar-refractivity contribution in [1.29, 1.82) is 0 Å². The van der Waals surface area contributed by atoms with Crippen LogP contribution in [0.5, 0.6) is 5.75 Å². The monoisotopic (exact) mass is 312 g/mol. The molecule has 0 bridgehead atoms. The van der Waals surface area contributed by atoms with Crippen molar-refractivity contribution in [2.75, 3.05) is 30.6 Å². The number of sulfone groups is 1. The molecule has 2 aliphatic heterocycles. The quantitative estimate of drug-likeness (QED) is 0.826. The zero-order valence-corrected chi connectivity index (χ0v) is 12.9. The van der Waals surface area contributed by atoms with Gasteiger partial charge in [0, 0.05) is 24.1 Å². The molecule has 1 fully saturated rings. The van der Waals surface area contributed by atoms with E-state index in [-0.39, 0.29) is 22.8 Å². The van der Waals surface area contributed by atoms with Gasteiger partial charge >= 0.3 is 0 Å². The number of hydrogen-bond acceptors (Lipinski definition) is 6. The fourth-order valence-electron chi connectivity index (χ4n) is 2.43. The predicted molar refractivity (Wildman–Crippen MR) is 82.7 cm³/mol. The number of aliphatic imine (C=N–C) groups is 1. The number of anilines is 1. The van der Waals surface area contributed by atoms with E-state index in [4.69, 9.17) is 4.74 Å². The topological polar surface area (TPSA) is 59.0 Å². The van der Waals surface area contributed by atoms with E-state index in [1.165, 1.54) is 0 Å². The summed E-state index contributed by atoms with van der Waals surface area (Å²) in [5.74, 6) is 1.21. The fraction of sp³-hybridized carbons (Fsp3) is 0.462. The normalized spacial score (nSPS) is 27.0. The van der Waals surface area contributed by atoms with Crippen LogP contribution in [0.25, 0.3) is 0 Å². The maximum absolute atomic E-state index is 11.6. The van der Waals surface area contributed by atoms with Crippen molar-refractivity contribution >= 4 is 32.5 Å². The summed E-state index contributed by atoms with van der Waals surface area (Å²) in [5.41, 5.74) is 0.985. The Morgan fingerprint density at radius 1 is 1.40 bits per heavy atom. The highest BCUT2D eigenvalue weighted by Gasteiger charge is 2.43. The SMILES string of the molecule is COc1cccc(N(C)C2=NC3CS(=O)(=O)CC3S2)c1. The van der Waals surface area contributed by atoms with Crippen LogP contribution in [0.15, 0.2) is 29.3 Å². The van der Waals surface area contributed by atoms with Gasteiger partial charge in [-0.15, -0.1) is 0 Å². The fourth-order valence-corrected chi connectivity index (χ4v) is 6.18. The Balaban J connectivity index is 1.81. The molecule has 20 heavy (non-hydrogen) atoms. The molecule has 2 heterocycles. The highest BCUT2D eigenvalue weighted by atomic mass is 32.2. The zero-order valence-electron chi connectivity index (χ0n) is 11.3. The third kappa shape index (κ3) is 2.52. The number of nitrogens with zero attached hydrogens (tertiary/aromatic N) is 2. The van der Waals surface area contributed by atoms with E-state index in [0.717, 1.165) is 16.6 Å². The number of benzene rings is 1. The van der Waals surface area contributed by atoms with Gasteiger partial charge in [0.05, 0.1) is 24.7 Å². The van der Waals surface area contributed by atoms with Crippen molar-refractivity contribution in [1.82, 2.24) is 0 Å². The molecule has 0 spiro atoms. The molecule has 2 aliphatic rings. The Hall–Kier alpha value is -1.21. The first-order valence-electron chi connectivity index (χ1n) is 6.31. The molecular weight excluding hydrogens is 296 g/mol. The first-order valence-corrected chi connectivity index (χ1v) is 9.01. The zero-order chi connectivity index (χ0) is 14.3. The molecule has 1 saturated heterocycles. The lowest BCUT2D eigenvalue weighted by atomic mass is 10.3. The summed E-state index contributed by atoms with van der Waals surface area (Å²) in [6.07, 6.45) is 0. The van der Waals surface area contributed by atoms with Gasteiger partial charge in [-0.1, -0.05) is 17.8 Å². The molecule has 0 amide bonds. The Morgan fingerprint density at radius 3 is 2.90 bits per heavy atom. The number of rotatable bonds is 2. The maximum Gasteiger partial charge on any atom is 0.164 e. The Bertz CT molecular complexity index is 657. The Kier molecular flexibility index (Phi) is 3.41. The standard InChI is InChI=1S/C13H16N2O3S2/c1-15(9-4-3-5-10(6-9)18-2)13-14-11-7-20(16,17)8-12(11)19-13/h3-6,11-12H,7-8H2,1-2H3. The van der Waals surface area contributed by atoms with Gasteiger partial charge in [0.25, 0.3) is 0 Å². The van der Waals surface area contributed by atoms with Gasteiger partial charge < -0.3 is 9.64 Å². The van der Waals surface area contributed by atoms with Crippen LogP contribution in [0.4, 0.5) is 5.69 Å². The molecule has 3 rings (SSSR count). The summed E-state index contributed by atoms with van der Waals surface area (Å²) in [5, 5.41) is 0.950. The van der Waals surface area contributed by atoms with Gasteiger partial charge in [0.2, 0.25) is 0 Å². The van der Waals surface area contributed by atoms with Crippen LogP contribution in [0, 0.1) is 0 Å². The van der Waals surface area contributed by atoms with Crippen molar-refractivity contribution < 1.29 is 13.2 Å². The van der Waals surface area contributed by atoms with Gasteiger partial charge in [-0.2, -0.15) is 0 Å². The average molecular weight is 312 g/mol. The van der Waals surface area contributed by atoms with E-state index in [9.17, 15) is 8.42 Å². The first-order chi connectivity index (χ1) is 9.48. The summed E-state index contributed by atoms with van der Waals surface area (Å²) in [4.78, 5) is 6.55. The molecular formula is C13H16N2O3S2. The number of fused-ring (bicyclic) bond motifs is 1. The summed E-state index contributed by atoms with van der Waals surface area (Å²) >= 11 is 1.56. The second-order valence-electron chi connectivity index (χ2n) is 4.97. The molecule has 108 valence electrons. The lowest BCUT2D eigenvalue weighted by Gasteiger charge is -2.19. The third-order valence-corrected chi connectivity index (χ3v) is 6.83. The van der Waals surface area contributed by atoms with Gasteiger partial charge in [0.15, 0.2) is 15.0 Å². The summed E-state index contributed by atoms with van der Waals surface area (Å²) in [6, 6.07) is 7.65. The number of amidine groups is 1. The lowest BCUT2D eigenvalue weighted by molar-refractivity contribution is 0.415. The number of hydrogen-bond donors (Lipinski definition) is 0. The maximum atomic E-state index is 11.6. The minimum atomic E-state index is -2.90.